The van der Waals surface area contributed by atoms with Crippen molar-refractivity contribution in [3.63, 3.8) is 0 Å². The summed E-state index contributed by atoms with van der Waals surface area (Å²) in [5.41, 5.74) is 5.50. The Hall–Kier alpha value is -0.960. The number of nitrogens with one attached hydrogen (secondary N) is 1. The number of hydrogen-bond acceptors (Lipinski definition) is 5. The van der Waals surface area contributed by atoms with Crippen molar-refractivity contribution < 1.29 is 13.2 Å². The fourth-order valence-electron chi connectivity index (χ4n) is 2.09. The second kappa shape index (κ2) is 5.58. The van der Waals surface area contributed by atoms with Gasteiger partial charge in [0.1, 0.15) is 10.3 Å². The molecule has 106 valence electrons. The van der Waals surface area contributed by atoms with Crippen LogP contribution in [0.25, 0.3) is 0 Å². The molecule has 1 saturated heterocycles. The summed E-state index contributed by atoms with van der Waals surface area (Å²) in [5.74, 6) is -0.229. The summed E-state index contributed by atoms with van der Waals surface area (Å²) in [6, 6.07) is 2.64. The van der Waals surface area contributed by atoms with Crippen molar-refractivity contribution in [2.45, 2.75) is 30.1 Å². The van der Waals surface area contributed by atoms with Gasteiger partial charge in [-0.05, 0) is 18.6 Å². The molecule has 2 rings (SSSR count). The quantitative estimate of drug-likeness (QED) is 0.825. The maximum absolute atomic E-state index is 12.5. The standard InChI is InChI=1S/C11H17N3O3S2/c1-2-9-11(15)13-5-6-14(9)19(16,17)10-4-3-8(7-12)18-10/h3-4,9H,2,5-7,12H2,1H3,(H,13,15). The Morgan fingerprint density at radius 3 is 2.84 bits per heavy atom. The SMILES string of the molecule is CCC1C(=O)NCCN1S(=O)(=O)c1ccc(CN)s1. The zero-order valence-electron chi connectivity index (χ0n) is 10.6. The van der Waals surface area contributed by atoms with Crippen LogP contribution in [0, 0.1) is 0 Å². The van der Waals surface area contributed by atoms with Gasteiger partial charge in [-0.25, -0.2) is 8.42 Å². The largest absolute Gasteiger partial charge is 0.353 e. The fraction of sp³-hybridized carbons (Fsp3) is 0.545. The molecular weight excluding hydrogens is 286 g/mol. The number of hydrogen-bond donors (Lipinski definition) is 2. The van der Waals surface area contributed by atoms with Gasteiger partial charge in [0.05, 0.1) is 0 Å². The van der Waals surface area contributed by atoms with Gasteiger partial charge in [0.25, 0.3) is 10.0 Å². The second-order valence-electron chi connectivity index (χ2n) is 4.26. The predicted octanol–water partition coefficient (Wildman–Crippen LogP) is 0.106. The first-order valence-electron chi connectivity index (χ1n) is 6.09. The number of thiophene rings is 1. The molecule has 1 atom stereocenters. The zero-order chi connectivity index (χ0) is 14.0. The van der Waals surface area contributed by atoms with Crippen molar-refractivity contribution in [3.8, 4) is 0 Å². The number of amides is 1. The second-order valence-corrected chi connectivity index (χ2v) is 7.54. The molecule has 0 spiro atoms. The molecule has 0 aromatic carbocycles. The minimum absolute atomic E-state index is 0.229. The molecule has 1 aliphatic heterocycles. The molecule has 1 aromatic heterocycles. The molecule has 1 aliphatic rings. The molecule has 8 heteroatoms. The Labute approximate surface area is 116 Å². The highest BCUT2D eigenvalue weighted by molar-refractivity contribution is 7.91. The Bertz CT molecular complexity index is 567. The third kappa shape index (κ3) is 2.66. The summed E-state index contributed by atoms with van der Waals surface area (Å²) >= 11 is 1.16. The van der Waals surface area contributed by atoms with Crippen molar-refractivity contribution in [2.24, 2.45) is 5.73 Å². The minimum Gasteiger partial charge on any atom is -0.353 e. The van der Waals surface area contributed by atoms with E-state index < -0.39 is 16.1 Å². The summed E-state index contributed by atoms with van der Waals surface area (Å²) in [4.78, 5) is 12.6. The van der Waals surface area contributed by atoms with Gasteiger partial charge in [-0.15, -0.1) is 11.3 Å². The minimum atomic E-state index is -3.61. The van der Waals surface area contributed by atoms with Crippen molar-refractivity contribution in [2.75, 3.05) is 13.1 Å². The lowest BCUT2D eigenvalue weighted by molar-refractivity contribution is -0.126. The fourth-order valence-corrected chi connectivity index (χ4v) is 5.12. The Balaban J connectivity index is 2.34. The number of nitrogens with two attached hydrogens (primary N) is 1. The van der Waals surface area contributed by atoms with Crippen LogP contribution in [-0.4, -0.2) is 37.8 Å². The molecule has 1 amide bonds. The van der Waals surface area contributed by atoms with E-state index in [0.29, 0.717) is 26.1 Å². The zero-order valence-corrected chi connectivity index (χ0v) is 12.3. The lowest BCUT2D eigenvalue weighted by Gasteiger charge is -2.32. The first-order chi connectivity index (χ1) is 9.00. The topological polar surface area (TPSA) is 92.5 Å². The Kier molecular flexibility index (Phi) is 4.24. The first kappa shape index (κ1) is 14.4. The third-order valence-electron chi connectivity index (χ3n) is 3.07. The highest BCUT2D eigenvalue weighted by atomic mass is 32.2. The van der Waals surface area contributed by atoms with Crippen molar-refractivity contribution in [3.05, 3.63) is 17.0 Å². The summed E-state index contributed by atoms with van der Waals surface area (Å²) < 4.78 is 26.6. The van der Waals surface area contributed by atoms with Crippen LogP contribution in [0.5, 0.6) is 0 Å². The smallest absolute Gasteiger partial charge is 0.253 e. The summed E-state index contributed by atoms with van der Waals surface area (Å²) in [5, 5.41) is 2.69. The van der Waals surface area contributed by atoms with E-state index in [1.165, 1.54) is 4.31 Å². The average Bonchev–Trinajstić information content (AvgIpc) is 2.87. The highest BCUT2D eigenvalue weighted by Crippen LogP contribution is 2.27. The molecule has 0 bridgehead atoms. The van der Waals surface area contributed by atoms with E-state index in [4.69, 9.17) is 5.73 Å². The number of nitrogens with zero attached hydrogens (tertiary/aromatic N) is 1. The summed E-state index contributed by atoms with van der Waals surface area (Å²) in [6.45, 7) is 2.78. The Morgan fingerprint density at radius 2 is 2.26 bits per heavy atom. The van der Waals surface area contributed by atoms with Gasteiger partial charge < -0.3 is 11.1 Å². The highest BCUT2D eigenvalue weighted by Gasteiger charge is 2.37. The van der Waals surface area contributed by atoms with E-state index in [9.17, 15) is 13.2 Å². The van der Waals surface area contributed by atoms with Gasteiger partial charge >= 0.3 is 0 Å². The van der Waals surface area contributed by atoms with Crippen LogP contribution < -0.4 is 11.1 Å². The lowest BCUT2D eigenvalue weighted by atomic mass is 10.2. The van der Waals surface area contributed by atoms with Crippen LogP contribution in [0.2, 0.25) is 0 Å². The third-order valence-corrected chi connectivity index (χ3v) is 6.55. The van der Waals surface area contributed by atoms with Gasteiger partial charge in [-0.1, -0.05) is 6.92 Å². The van der Waals surface area contributed by atoms with Gasteiger partial charge in [-0.2, -0.15) is 4.31 Å². The van der Waals surface area contributed by atoms with E-state index in [-0.39, 0.29) is 10.1 Å². The summed E-state index contributed by atoms with van der Waals surface area (Å²) in [6.07, 6.45) is 0.459. The summed E-state index contributed by atoms with van der Waals surface area (Å²) in [7, 11) is -3.61. The molecule has 1 unspecified atom stereocenters. The van der Waals surface area contributed by atoms with Crippen LogP contribution >= 0.6 is 11.3 Å². The van der Waals surface area contributed by atoms with Crippen molar-refractivity contribution in [1.82, 2.24) is 9.62 Å². The molecule has 1 fully saturated rings. The van der Waals surface area contributed by atoms with E-state index in [1.54, 1.807) is 19.1 Å². The van der Waals surface area contributed by atoms with Gasteiger partial charge in [-0.3, -0.25) is 4.79 Å². The van der Waals surface area contributed by atoms with E-state index in [2.05, 4.69) is 5.32 Å². The molecule has 3 N–H and O–H groups in total. The normalized spacial score (nSPS) is 21.4. The molecular formula is C11H17N3O3S2. The van der Waals surface area contributed by atoms with Gasteiger partial charge in [0, 0.05) is 24.5 Å². The molecule has 2 heterocycles. The molecule has 0 saturated carbocycles. The van der Waals surface area contributed by atoms with Crippen LogP contribution in [0.4, 0.5) is 0 Å². The molecule has 19 heavy (non-hydrogen) atoms. The van der Waals surface area contributed by atoms with Gasteiger partial charge in [0.2, 0.25) is 5.91 Å². The number of piperazine rings is 1. The van der Waals surface area contributed by atoms with Crippen LogP contribution in [0.15, 0.2) is 16.3 Å². The maximum Gasteiger partial charge on any atom is 0.253 e. The number of carbonyl (C=O) groups is 1. The van der Waals surface area contributed by atoms with Gasteiger partial charge in [0.15, 0.2) is 0 Å². The van der Waals surface area contributed by atoms with Crippen LogP contribution in [0.1, 0.15) is 18.2 Å². The van der Waals surface area contributed by atoms with Crippen molar-refractivity contribution >= 4 is 27.3 Å². The van der Waals surface area contributed by atoms with E-state index >= 15 is 0 Å². The number of rotatable bonds is 4. The number of sulfonamides is 1. The molecule has 0 aliphatic carbocycles. The number of carbonyl (C=O) groups excluding carboxylic acids is 1. The van der Waals surface area contributed by atoms with E-state index in [0.717, 1.165) is 16.2 Å². The molecule has 0 radical (unpaired) electrons. The van der Waals surface area contributed by atoms with Crippen LogP contribution in [-0.2, 0) is 21.4 Å². The predicted molar refractivity (Wildman–Crippen MR) is 73.2 cm³/mol. The molecule has 6 nitrogen and oxygen atoms in total. The average molecular weight is 303 g/mol. The monoisotopic (exact) mass is 303 g/mol. The van der Waals surface area contributed by atoms with Crippen LogP contribution in [0.3, 0.4) is 0 Å². The van der Waals surface area contributed by atoms with E-state index in [1.807, 2.05) is 0 Å². The lowest BCUT2D eigenvalue weighted by Crippen LogP contribution is -2.56. The molecule has 1 aromatic rings. The van der Waals surface area contributed by atoms with Crippen molar-refractivity contribution in [1.29, 1.82) is 0 Å². The maximum atomic E-state index is 12.5. The first-order valence-corrected chi connectivity index (χ1v) is 8.34. The Morgan fingerprint density at radius 1 is 1.53 bits per heavy atom.